The van der Waals surface area contributed by atoms with Crippen molar-refractivity contribution in [2.75, 3.05) is 33.4 Å². The van der Waals surface area contributed by atoms with Gasteiger partial charge in [0, 0.05) is 25.1 Å². The van der Waals surface area contributed by atoms with Crippen molar-refractivity contribution in [3.8, 4) is 0 Å². The number of thiophene rings is 1. The van der Waals surface area contributed by atoms with Gasteiger partial charge in [-0.15, -0.1) is 11.3 Å². The van der Waals surface area contributed by atoms with Crippen LogP contribution < -0.4 is 10.6 Å². The van der Waals surface area contributed by atoms with E-state index >= 15 is 0 Å². The van der Waals surface area contributed by atoms with E-state index in [1.807, 2.05) is 11.3 Å². The normalized spacial score (nSPS) is 11.0. The summed E-state index contributed by atoms with van der Waals surface area (Å²) in [7, 11) is 1.73. The summed E-state index contributed by atoms with van der Waals surface area (Å²) in [6, 6.07) is 2.23. The van der Waals surface area contributed by atoms with Crippen molar-refractivity contribution >= 4 is 27.3 Å². The number of halogens is 1. The first-order chi connectivity index (χ1) is 8.24. The van der Waals surface area contributed by atoms with Crippen LogP contribution in [0.1, 0.15) is 16.9 Å². The molecule has 1 heterocycles. The lowest BCUT2D eigenvalue weighted by Crippen LogP contribution is -2.24. The third kappa shape index (κ3) is 6.52. The summed E-state index contributed by atoms with van der Waals surface area (Å²) >= 11 is 5.35. The highest BCUT2D eigenvalue weighted by molar-refractivity contribution is 9.11. The molecule has 0 radical (unpaired) electrons. The summed E-state index contributed by atoms with van der Waals surface area (Å²) in [4.78, 5) is 1.39. The summed E-state index contributed by atoms with van der Waals surface area (Å²) in [5, 5.41) is 6.78. The van der Waals surface area contributed by atoms with Crippen LogP contribution in [-0.2, 0) is 11.3 Å². The minimum absolute atomic E-state index is 0.788. The molecule has 0 fully saturated rings. The number of hydrogen-bond donors (Lipinski definition) is 2. The topological polar surface area (TPSA) is 33.3 Å². The van der Waals surface area contributed by atoms with Gasteiger partial charge in [0.05, 0.1) is 10.4 Å². The van der Waals surface area contributed by atoms with Crippen LogP contribution in [-0.4, -0.2) is 33.4 Å². The van der Waals surface area contributed by atoms with Gasteiger partial charge in [-0.05, 0) is 54.0 Å². The van der Waals surface area contributed by atoms with Gasteiger partial charge >= 0.3 is 0 Å². The van der Waals surface area contributed by atoms with Gasteiger partial charge in [0.15, 0.2) is 0 Å². The van der Waals surface area contributed by atoms with Gasteiger partial charge in [-0.25, -0.2) is 0 Å². The summed E-state index contributed by atoms with van der Waals surface area (Å²) in [5.74, 6) is 0. The van der Waals surface area contributed by atoms with Gasteiger partial charge in [-0.2, -0.15) is 0 Å². The van der Waals surface area contributed by atoms with E-state index in [1.54, 1.807) is 7.11 Å². The van der Waals surface area contributed by atoms with Crippen molar-refractivity contribution in [2.45, 2.75) is 19.9 Å². The van der Waals surface area contributed by atoms with Crippen LogP contribution in [0.3, 0.4) is 0 Å². The zero-order valence-electron chi connectivity index (χ0n) is 10.5. The third-order valence-electron chi connectivity index (χ3n) is 2.40. The van der Waals surface area contributed by atoms with E-state index in [9.17, 15) is 0 Å². The van der Waals surface area contributed by atoms with Gasteiger partial charge in [-0.3, -0.25) is 0 Å². The zero-order chi connectivity index (χ0) is 12.5. The van der Waals surface area contributed by atoms with Crippen molar-refractivity contribution in [1.29, 1.82) is 0 Å². The van der Waals surface area contributed by atoms with Crippen LogP contribution in [0, 0.1) is 6.92 Å². The van der Waals surface area contributed by atoms with E-state index in [2.05, 4.69) is 39.6 Å². The van der Waals surface area contributed by atoms with E-state index < -0.39 is 0 Å². The van der Waals surface area contributed by atoms with Crippen molar-refractivity contribution < 1.29 is 4.74 Å². The molecule has 0 spiro atoms. The number of methoxy groups -OCH3 is 1. The van der Waals surface area contributed by atoms with Gasteiger partial charge in [0.2, 0.25) is 0 Å². The average Bonchev–Trinajstić information content (AvgIpc) is 2.62. The minimum atomic E-state index is 0.788. The molecule has 0 bridgehead atoms. The van der Waals surface area contributed by atoms with Gasteiger partial charge in [0.25, 0.3) is 0 Å². The van der Waals surface area contributed by atoms with Gasteiger partial charge in [0.1, 0.15) is 0 Å². The van der Waals surface area contributed by atoms with Crippen molar-refractivity contribution in [1.82, 2.24) is 10.6 Å². The lowest BCUT2D eigenvalue weighted by molar-refractivity contribution is 0.199. The monoisotopic (exact) mass is 320 g/mol. The molecular formula is C12H21BrN2OS. The highest BCUT2D eigenvalue weighted by atomic mass is 79.9. The molecule has 0 aliphatic heterocycles. The Morgan fingerprint density at radius 3 is 2.71 bits per heavy atom. The van der Waals surface area contributed by atoms with Crippen LogP contribution >= 0.6 is 27.3 Å². The number of rotatable bonds is 9. The zero-order valence-corrected chi connectivity index (χ0v) is 12.9. The summed E-state index contributed by atoms with van der Waals surface area (Å²) in [6.45, 7) is 6.92. The maximum atomic E-state index is 4.96. The number of aryl methyl sites for hydroxylation is 1. The predicted octanol–water partition coefficient (Wildman–Crippen LogP) is 2.53. The largest absolute Gasteiger partial charge is 0.383 e. The molecule has 0 saturated heterocycles. The Morgan fingerprint density at radius 2 is 2.06 bits per heavy atom. The van der Waals surface area contributed by atoms with Gasteiger partial charge in [-0.1, -0.05) is 0 Å². The first kappa shape index (κ1) is 15.1. The highest BCUT2D eigenvalue weighted by Gasteiger charge is 2.01. The molecule has 2 N–H and O–H groups in total. The number of hydrogen-bond acceptors (Lipinski definition) is 4. The average molecular weight is 321 g/mol. The first-order valence-electron chi connectivity index (χ1n) is 5.89. The van der Waals surface area contributed by atoms with Gasteiger partial charge < -0.3 is 15.4 Å². The SMILES string of the molecule is COCCNCCCNCc1cc(C)c(Br)s1. The second-order valence-electron chi connectivity index (χ2n) is 3.94. The third-order valence-corrected chi connectivity index (χ3v) is 4.53. The molecule has 0 aromatic carbocycles. The number of ether oxygens (including phenoxy) is 1. The van der Waals surface area contributed by atoms with E-state index in [0.29, 0.717) is 0 Å². The number of nitrogens with one attached hydrogen (secondary N) is 2. The van der Waals surface area contributed by atoms with Crippen molar-refractivity contribution in [3.63, 3.8) is 0 Å². The van der Waals surface area contributed by atoms with E-state index in [0.717, 1.165) is 39.2 Å². The standard InChI is InChI=1S/C12H21BrN2OS/c1-10-8-11(17-12(10)13)9-15-5-3-4-14-6-7-16-2/h8,14-15H,3-7,9H2,1-2H3. The van der Waals surface area contributed by atoms with Crippen LogP contribution in [0.15, 0.2) is 9.85 Å². The molecule has 5 heteroatoms. The molecule has 3 nitrogen and oxygen atoms in total. The van der Waals surface area contributed by atoms with Crippen molar-refractivity contribution in [2.24, 2.45) is 0 Å². The Bertz CT molecular complexity index is 298. The molecule has 0 saturated carbocycles. The van der Waals surface area contributed by atoms with E-state index in [4.69, 9.17) is 4.74 Å². The smallest absolute Gasteiger partial charge is 0.0730 e. The summed E-state index contributed by atoms with van der Waals surface area (Å²) in [6.07, 6.45) is 1.15. The fraction of sp³-hybridized carbons (Fsp3) is 0.667. The minimum Gasteiger partial charge on any atom is -0.383 e. The molecule has 1 aromatic rings. The fourth-order valence-corrected chi connectivity index (χ4v) is 3.06. The first-order valence-corrected chi connectivity index (χ1v) is 7.50. The molecular weight excluding hydrogens is 300 g/mol. The summed E-state index contributed by atoms with van der Waals surface area (Å²) < 4.78 is 6.21. The molecule has 98 valence electrons. The summed E-state index contributed by atoms with van der Waals surface area (Å²) in [5.41, 5.74) is 1.33. The maximum absolute atomic E-state index is 4.96. The molecule has 0 unspecified atom stereocenters. The Labute approximate surface area is 116 Å². The Hall–Kier alpha value is 0.0600. The Balaban J connectivity index is 1.97. The predicted molar refractivity (Wildman–Crippen MR) is 77.8 cm³/mol. The van der Waals surface area contributed by atoms with Crippen molar-refractivity contribution in [3.05, 3.63) is 20.3 Å². The quantitative estimate of drug-likeness (QED) is 0.686. The van der Waals surface area contributed by atoms with Crippen LogP contribution in [0.2, 0.25) is 0 Å². The highest BCUT2D eigenvalue weighted by Crippen LogP contribution is 2.26. The molecule has 1 rings (SSSR count). The van der Waals surface area contributed by atoms with E-state index in [1.165, 1.54) is 14.2 Å². The fourth-order valence-electron chi connectivity index (χ4n) is 1.46. The molecule has 1 aromatic heterocycles. The lowest BCUT2D eigenvalue weighted by atomic mass is 10.3. The second kappa shape index (κ2) is 9.05. The van der Waals surface area contributed by atoms with Crippen LogP contribution in [0.25, 0.3) is 0 Å². The lowest BCUT2D eigenvalue weighted by Gasteiger charge is -2.04. The molecule has 0 amide bonds. The Kier molecular flexibility index (Phi) is 8.05. The van der Waals surface area contributed by atoms with E-state index in [-0.39, 0.29) is 0 Å². The molecule has 0 atom stereocenters. The van der Waals surface area contributed by atoms with Crippen LogP contribution in [0.4, 0.5) is 0 Å². The second-order valence-corrected chi connectivity index (χ2v) is 6.40. The molecule has 17 heavy (non-hydrogen) atoms. The Morgan fingerprint density at radius 1 is 1.29 bits per heavy atom. The maximum Gasteiger partial charge on any atom is 0.0730 e. The molecule has 0 aliphatic rings. The van der Waals surface area contributed by atoms with Crippen LogP contribution in [0.5, 0.6) is 0 Å². The molecule has 0 aliphatic carbocycles.